The van der Waals surface area contributed by atoms with Crippen molar-refractivity contribution in [2.75, 3.05) is 18.7 Å². The summed E-state index contributed by atoms with van der Waals surface area (Å²) in [5.74, 6) is -1.88. The minimum Gasteiger partial charge on any atom is -0.461 e. The van der Waals surface area contributed by atoms with Crippen LogP contribution >= 0.6 is 0 Å². The van der Waals surface area contributed by atoms with E-state index in [4.69, 9.17) is 28.4 Å². The van der Waals surface area contributed by atoms with Crippen LogP contribution in [-0.2, 0) is 42.8 Å². The summed E-state index contributed by atoms with van der Waals surface area (Å²) in [4.78, 5) is 66.0. The molecular weight excluding hydrogens is 618 g/mol. The number of fused-ring (bicyclic) bond motifs is 1. The Morgan fingerprint density at radius 1 is 1.02 bits per heavy atom. The summed E-state index contributed by atoms with van der Waals surface area (Å²) in [7, 11) is 0. The predicted molar refractivity (Wildman–Crippen MR) is 165 cm³/mol. The minimum atomic E-state index is -0.992. The van der Waals surface area contributed by atoms with E-state index in [0.717, 1.165) is 0 Å². The first-order valence-electron chi connectivity index (χ1n) is 15.3. The third-order valence-electron chi connectivity index (χ3n) is 6.78. The lowest BCUT2D eigenvalue weighted by Crippen LogP contribution is -2.47. The van der Waals surface area contributed by atoms with Crippen molar-refractivity contribution in [1.29, 1.82) is 0 Å². The molecule has 2 amide bonds. The van der Waals surface area contributed by atoms with Crippen LogP contribution in [0.2, 0.25) is 0 Å². The molecule has 3 heterocycles. The fourth-order valence-corrected chi connectivity index (χ4v) is 4.40. The van der Waals surface area contributed by atoms with Gasteiger partial charge < -0.3 is 33.7 Å². The molecule has 0 aliphatic carbocycles. The van der Waals surface area contributed by atoms with Gasteiger partial charge in [0, 0.05) is 12.8 Å². The first-order chi connectivity index (χ1) is 21.9. The van der Waals surface area contributed by atoms with Gasteiger partial charge in [-0.05, 0) is 59.6 Å². The van der Waals surface area contributed by atoms with E-state index in [0.29, 0.717) is 11.2 Å². The summed E-state index contributed by atoms with van der Waals surface area (Å²) in [5.41, 5.74) is -0.557. The number of anilines is 1. The van der Waals surface area contributed by atoms with Gasteiger partial charge >= 0.3 is 30.1 Å². The molecule has 2 aromatic heterocycles. The number of nitrogens with zero attached hydrogens (tertiary/aromatic N) is 3. The Morgan fingerprint density at radius 3 is 2.34 bits per heavy atom. The van der Waals surface area contributed by atoms with Gasteiger partial charge in [-0.25, -0.2) is 23.9 Å². The van der Waals surface area contributed by atoms with Crippen molar-refractivity contribution in [1.82, 2.24) is 19.9 Å². The van der Waals surface area contributed by atoms with E-state index in [2.05, 4.69) is 20.7 Å². The van der Waals surface area contributed by atoms with Crippen LogP contribution in [0.4, 0.5) is 15.4 Å². The van der Waals surface area contributed by atoms with E-state index in [1.54, 1.807) is 74.4 Å². The van der Waals surface area contributed by atoms with Crippen molar-refractivity contribution >= 4 is 41.4 Å². The highest BCUT2D eigenvalue weighted by molar-refractivity contribution is 5.88. The number of hydrogen-bond acceptors (Lipinski definition) is 13. The molecule has 2 N–H and O–H groups in total. The number of carbonyl (C=O) groups excluding carboxylic acids is 5. The molecule has 0 unspecified atom stereocenters. The van der Waals surface area contributed by atoms with Gasteiger partial charge in [-0.2, -0.15) is 5.10 Å². The molecule has 0 bridgehead atoms. The van der Waals surface area contributed by atoms with Crippen LogP contribution in [-0.4, -0.2) is 81.9 Å². The largest absolute Gasteiger partial charge is 0.461 e. The predicted octanol–water partition coefficient (Wildman–Crippen LogP) is 4.07. The molecule has 2 aromatic rings. The van der Waals surface area contributed by atoms with E-state index in [9.17, 15) is 24.0 Å². The van der Waals surface area contributed by atoms with Crippen LogP contribution in [0.15, 0.2) is 18.5 Å². The third-order valence-corrected chi connectivity index (χ3v) is 6.78. The Labute approximate surface area is 273 Å². The lowest BCUT2D eigenvalue weighted by molar-refractivity contribution is -0.161. The smallest absolute Gasteiger partial charge is 0.415 e. The number of esters is 3. The number of rotatable bonds is 11. The quantitative estimate of drug-likeness (QED) is 0.199. The van der Waals surface area contributed by atoms with E-state index in [1.165, 1.54) is 10.8 Å². The Morgan fingerprint density at radius 2 is 1.72 bits per heavy atom. The number of amides is 2. The molecule has 16 nitrogen and oxygen atoms in total. The molecule has 0 radical (unpaired) electrons. The van der Waals surface area contributed by atoms with Crippen molar-refractivity contribution in [2.24, 2.45) is 11.3 Å². The van der Waals surface area contributed by atoms with E-state index in [-0.39, 0.29) is 31.2 Å². The monoisotopic (exact) mass is 663 g/mol. The highest BCUT2D eigenvalue weighted by atomic mass is 16.7. The average Bonchev–Trinajstić information content (AvgIpc) is 3.57. The summed E-state index contributed by atoms with van der Waals surface area (Å²) < 4.78 is 34.1. The number of hydrogen-bond donors (Lipinski definition) is 2. The third kappa shape index (κ3) is 10.5. The van der Waals surface area contributed by atoms with Gasteiger partial charge in [-0.3, -0.25) is 14.9 Å². The van der Waals surface area contributed by atoms with Gasteiger partial charge in [0.15, 0.2) is 5.82 Å². The summed E-state index contributed by atoms with van der Waals surface area (Å²) in [6.45, 7) is 14.5. The molecule has 0 spiro atoms. The van der Waals surface area contributed by atoms with Crippen LogP contribution in [0.3, 0.4) is 0 Å². The summed E-state index contributed by atoms with van der Waals surface area (Å²) in [6.07, 6.45) is -2.32. The van der Waals surface area contributed by atoms with Crippen LogP contribution in [0.25, 0.3) is 5.52 Å². The Kier molecular flexibility index (Phi) is 12.1. The van der Waals surface area contributed by atoms with Gasteiger partial charge in [0.2, 0.25) is 6.79 Å². The molecule has 260 valence electrons. The fraction of sp³-hybridized carbons (Fsp3) is 0.645. The van der Waals surface area contributed by atoms with E-state index in [1.807, 2.05) is 0 Å². The second-order valence-corrected chi connectivity index (χ2v) is 13.3. The highest BCUT2D eigenvalue weighted by Gasteiger charge is 2.41. The van der Waals surface area contributed by atoms with Crippen LogP contribution in [0.1, 0.15) is 87.0 Å². The molecule has 16 heteroatoms. The SMILES string of the molecule is CCC(=O)O[C@H]1C[C@H](c2ccc3c(NC(=O)OCOC(=O)C(C)(C)C)ncnn23)O[C@@H]1COC(=O)[C@@H](NC(=O)OC(C)(C)C)C(C)C. The number of ether oxygens (including phenoxy) is 6. The van der Waals surface area contributed by atoms with Gasteiger partial charge in [0.05, 0.1) is 11.1 Å². The van der Waals surface area contributed by atoms with E-state index < -0.39 is 72.3 Å². The molecule has 1 aliphatic heterocycles. The Balaban J connectivity index is 1.71. The van der Waals surface area contributed by atoms with Crippen molar-refractivity contribution in [3.8, 4) is 0 Å². The van der Waals surface area contributed by atoms with Crippen LogP contribution in [0, 0.1) is 11.3 Å². The zero-order valence-corrected chi connectivity index (χ0v) is 28.3. The Bertz CT molecular complexity index is 1440. The maximum absolute atomic E-state index is 13.0. The molecule has 47 heavy (non-hydrogen) atoms. The second kappa shape index (κ2) is 15.4. The van der Waals surface area contributed by atoms with Crippen molar-refractivity contribution < 1.29 is 52.4 Å². The molecular formula is C31H45N5O11. The second-order valence-electron chi connectivity index (χ2n) is 13.3. The molecule has 1 fully saturated rings. The summed E-state index contributed by atoms with van der Waals surface area (Å²) in [5, 5.41) is 9.33. The van der Waals surface area contributed by atoms with Crippen molar-refractivity contribution in [3.05, 3.63) is 24.2 Å². The maximum atomic E-state index is 13.0. The molecule has 1 aliphatic rings. The number of carbonyl (C=O) groups is 5. The van der Waals surface area contributed by atoms with E-state index >= 15 is 0 Å². The van der Waals surface area contributed by atoms with Gasteiger partial charge in [0.1, 0.15) is 48.4 Å². The number of alkyl carbamates (subject to hydrolysis) is 1. The molecule has 4 atom stereocenters. The van der Waals surface area contributed by atoms with Gasteiger partial charge in [-0.1, -0.05) is 20.8 Å². The first kappa shape index (κ1) is 37.0. The van der Waals surface area contributed by atoms with Crippen molar-refractivity contribution in [2.45, 2.75) is 105 Å². The fourth-order valence-electron chi connectivity index (χ4n) is 4.40. The molecule has 1 saturated heterocycles. The molecule has 3 rings (SSSR count). The lowest BCUT2D eigenvalue weighted by atomic mass is 9.98. The van der Waals surface area contributed by atoms with Crippen molar-refractivity contribution in [3.63, 3.8) is 0 Å². The Hall–Kier alpha value is -4.47. The number of aromatic nitrogens is 3. The molecule has 0 aromatic carbocycles. The summed E-state index contributed by atoms with van der Waals surface area (Å²) >= 11 is 0. The lowest BCUT2D eigenvalue weighted by Gasteiger charge is -2.25. The first-order valence-corrected chi connectivity index (χ1v) is 15.3. The van der Waals surface area contributed by atoms with Crippen LogP contribution < -0.4 is 10.6 Å². The number of nitrogens with one attached hydrogen (secondary N) is 2. The highest BCUT2D eigenvalue weighted by Crippen LogP contribution is 2.36. The zero-order valence-electron chi connectivity index (χ0n) is 28.3. The maximum Gasteiger partial charge on any atom is 0.415 e. The normalized spacial score (nSPS) is 18.7. The standard InChI is InChI=1S/C31H45N5O11/c1-10-23(37)46-21-13-20(45-22(21)14-42-26(38)24(17(2)3)34-29(41)47-31(7,8)9)18-11-12-19-25(32-15-33-36(18)19)35-28(40)44-16-43-27(39)30(4,5)6/h11-12,15,17,20-22,24H,10,13-14,16H2,1-9H3,(H,34,41)(H,32,33,35,40)/t20-,21+,22-,24+/m1/s1. The van der Waals surface area contributed by atoms with Crippen LogP contribution in [0.5, 0.6) is 0 Å². The summed E-state index contributed by atoms with van der Waals surface area (Å²) in [6, 6.07) is 2.38. The topological polar surface area (TPSA) is 195 Å². The van der Waals surface area contributed by atoms with Gasteiger partial charge in [0.25, 0.3) is 0 Å². The minimum absolute atomic E-state index is 0.119. The average molecular weight is 664 g/mol. The zero-order chi connectivity index (χ0) is 35.1. The molecule has 0 saturated carbocycles. The van der Waals surface area contributed by atoms with Gasteiger partial charge in [-0.15, -0.1) is 0 Å².